The number of anilines is 6. The van der Waals surface area contributed by atoms with Crippen molar-refractivity contribution in [2.45, 2.75) is 99.5 Å². The molecular formula is C76H63Cl8FN6O12. The van der Waals surface area contributed by atoms with Crippen molar-refractivity contribution < 1.29 is 63.2 Å². The molecule has 0 spiro atoms. The molecule has 27 heteroatoms. The SMILES string of the molecule is CC(C)c1ccc(C(=O)C[C@@]2(O)C(=O)Nc3c(Cl)ccc(Cl)c32)cc1.O=C(C[C@@]1(O)C(=O)Nc2c(Cl)ccc(Cl)c21)c1ccc(C2CC2)cc1.O=C(C[C@@]1(O)C(=O)Nc2c(Cl)ccc(Cl)c21)c1ccc(N2CC2)cc1.O=C(C[C@@]1(O)C(=O)Nc2c(Cl)ccc(Cl)c21)c1ccc(N2CCCC2)c(F)c1. The molecule has 15 rings (SSSR count). The first-order valence-corrected chi connectivity index (χ1v) is 35.7. The van der Waals surface area contributed by atoms with Gasteiger partial charge in [0.25, 0.3) is 23.6 Å². The quantitative estimate of drug-likeness (QED) is 0.0330. The minimum absolute atomic E-state index is 0.0641. The van der Waals surface area contributed by atoms with Crippen LogP contribution in [0.15, 0.2) is 140 Å². The number of ketones is 4. The van der Waals surface area contributed by atoms with Crippen molar-refractivity contribution in [3.05, 3.63) is 241 Å². The Kier molecular flexibility index (Phi) is 21.4. The second-order valence-corrected chi connectivity index (χ2v) is 29.6. The molecule has 1 saturated carbocycles. The molecule has 8 N–H and O–H groups in total. The number of aliphatic hydroxyl groups is 4. The van der Waals surface area contributed by atoms with Crippen LogP contribution < -0.4 is 31.1 Å². The van der Waals surface area contributed by atoms with Gasteiger partial charge < -0.3 is 51.5 Å². The highest BCUT2D eigenvalue weighted by molar-refractivity contribution is 6.41. The van der Waals surface area contributed by atoms with Crippen molar-refractivity contribution in [2.75, 3.05) is 57.2 Å². The van der Waals surface area contributed by atoms with E-state index < -0.39 is 83.3 Å². The van der Waals surface area contributed by atoms with Crippen molar-refractivity contribution >= 4 is 174 Å². The number of hydrogen-bond donors (Lipinski definition) is 8. The molecule has 0 bridgehead atoms. The molecule has 0 aromatic heterocycles. The molecular weight excluding hydrogens is 1490 g/mol. The number of carbonyl (C=O) groups is 8. The number of nitrogens with zero attached hydrogens (tertiary/aromatic N) is 2. The highest BCUT2D eigenvalue weighted by atomic mass is 35.5. The van der Waals surface area contributed by atoms with E-state index in [1.807, 2.05) is 41.3 Å². The average molecular weight is 1550 g/mol. The van der Waals surface area contributed by atoms with Gasteiger partial charge in [-0.2, -0.15) is 0 Å². The monoisotopic (exact) mass is 1550 g/mol. The van der Waals surface area contributed by atoms with E-state index in [0.717, 1.165) is 56.3 Å². The van der Waals surface area contributed by atoms with Crippen molar-refractivity contribution in [1.29, 1.82) is 0 Å². The van der Waals surface area contributed by atoms with Gasteiger partial charge in [0, 0.05) is 96.5 Å². The van der Waals surface area contributed by atoms with Gasteiger partial charge in [-0.3, -0.25) is 38.4 Å². The van der Waals surface area contributed by atoms with Crippen LogP contribution in [0.1, 0.15) is 152 Å². The number of Topliss-reactive ketones (excluding diaryl/α,β-unsaturated/α-hetero) is 4. The van der Waals surface area contributed by atoms with Crippen molar-refractivity contribution in [3.63, 3.8) is 0 Å². The van der Waals surface area contributed by atoms with Gasteiger partial charge in [0.05, 0.1) is 74.2 Å². The summed E-state index contributed by atoms with van der Waals surface area (Å²) in [7, 11) is 0. The summed E-state index contributed by atoms with van der Waals surface area (Å²) < 4.78 is 14.5. The minimum atomic E-state index is -2.17. The highest BCUT2D eigenvalue weighted by Gasteiger charge is 2.53. The molecule has 7 aliphatic rings. The third-order valence-electron chi connectivity index (χ3n) is 19.1. The number of carbonyl (C=O) groups excluding carboxylic acids is 8. The average Bonchev–Trinajstić information content (AvgIpc) is 1.62. The molecule has 18 nitrogen and oxygen atoms in total. The predicted octanol–water partition coefficient (Wildman–Crippen LogP) is 16.2. The van der Waals surface area contributed by atoms with Crippen LogP contribution in [0.2, 0.25) is 40.2 Å². The summed E-state index contributed by atoms with van der Waals surface area (Å²) in [5.74, 6) is -4.05. The molecule has 3 fully saturated rings. The highest BCUT2D eigenvalue weighted by Crippen LogP contribution is 2.51. The van der Waals surface area contributed by atoms with Crippen LogP contribution in [-0.2, 0) is 41.6 Å². The number of benzene rings is 8. The Hall–Kier alpha value is -7.99. The smallest absolute Gasteiger partial charge is 0.261 e. The minimum Gasteiger partial charge on any atom is -0.375 e. The molecule has 532 valence electrons. The third-order valence-corrected chi connectivity index (χ3v) is 21.6. The number of amides is 4. The number of fused-ring (bicyclic) bond motifs is 4. The fourth-order valence-electron chi connectivity index (χ4n) is 13.1. The van der Waals surface area contributed by atoms with E-state index in [0.29, 0.717) is 34.2 Å². The number of halogens is 9. The molecule has 4 amide bonds. The predicted molar refractivity (Wildman–Crippen MR) is 397 cm³/mol. The summed E-state index contributed by atoms with van der Waals surface area (Å²) in [6, 6.07) is 37.9. The molecule has 0 unspecified atom stereocenters. The van der Waals surface area contributed by atoms with Gasteiger partial charge in [-0.1, -0.05) is 155 Å². The number of hydrogen-bond acceptors (Lipinski definition) is 14. The standard InChI is InChI=1S/C20H17Cl2FN2O3.C19H15Cl2NO3.C19H17Cl2NO3.C18H14Cl2N2O3/c21-12-4-5-13(22)18-17(12)20(28,19(27)24-18)10-16(26)11-3-6-15(14(23)9-11)25-7-1-2-8-25;20-13-7-8-14(21)17-16(13)19(25,18(24)22-17)9-15(23)12-5-3-11(4-6-12)10-1-2-10;1-10(2)11-3-5-12(6-4-11)15(23)9-19(25)16-13(20)7-8-14(21)17(16)22-18(19)24;19-12-5-6-13(20)16-15(12)18(25,17(24)21-16)9-14(23)10-1-3-11(4-2-10)22-7-8-22/h3-6,9,28H,1-2,7-8,10H2,(H,24,27);3-8,10,25H,1-2,9H2,(H,22,24);3-8,10,25H,9H2,1-2H3,(H,22,24);1-6,25H,7-9H2,(H,21,24)/t20-;2*19-;18-/m0000/s1. The summed E-state index contributed by atoms with van der Waals surface area (Å²) >= 11 is 48.9. The Labute approximate surface area is 630 Å². The third kappa shape index (κ3) is 14.8. The van der Waals surface area contributed by atoms with Gasteiger partial charge in [-0.05, 0) is 140 Å². The normalized spacial score (nSPS) is 20.7. The molecule has 6 heterocycles. The Balaban J connectivity index is 0.000000130. The largest absolute Gasteiger partial charge is 0.375 e. The lowest BCUT2D eigenvalue weighted by Gasteiger charge is -2.22. The Morgan fingerprint density at radius 1 is 0.417 bits per heavy atom. The molecule has 2 saturated heterocycles. The summed E-state index contributed by atoms with van der Waals surface area (Å²) in [4.78, 5) is 104. The summed E-state index contributed by atoms with van der Waals surface area (Å²) in [6.07, 6.45) is 2.59. The summed E-state index contributed by atoms with van der Waals surface area (Å²) in [6.45, 7) is 7.71. The second kappa shape index (κ2) is 29.5. The fraction of sp³-hybridized carbons (Fsp3) is 0.263. The molecule has 8 aromatic rings. The zero-order valence-corrected chi connectivity index (χ0v) is 60.8. The lowest BCUT2D eigenvalue weighted by molar-refractivity contribution is -0.133. The fourth-order valence-corrected chi connectivity index (χ4v) is 15.2. The van der Waals surface area contributed by atoms with E-state index in [-0.39, 0.29) is 108 Å². The van der Waals surface area contributed by atoms with Crippen molar-refractivity contribution in [1.82, 2.24) is 0 Å². The molecule has 8 aromatic carbocycles. The van der Waals surface area contributed by atoms with E-state index in [2.05, 4.69) is 40.0 Å². The van der Waals surface area contributed by atoms with Crippen LogP contribution in [0, 0.1) is 5.82 Å². The first-order valence-electron chi connectivity index (χ1n) is 32.7. The zero-order chi connectivity index (χ0) is 73.9. The maximum Gasteiger partial charge on any atom is 0.261 e. The second-order valence-electron chi connectivity index (χ2n) is 26.3. The molecule has 1 aliphatic carbocycles. The lowest BCUT2D eigenvalue weighted by atomic mass is 9.87. The van der Waals surface area contributed by atoms with E-state index >= 15 is 0 Å². The van der Waals surface area contributed by atoms with Crippen LogP contribution in [-0.4, -0.2) is 93.4 Å². The number of nitrogens with one attached hydrogen (secondary N) is 4. The van der Waals surface area contributed by atoms with E-state index in [1.165, 1.54) is 73.0 Å². The van der Waals surface area contributed by atoms with Crippen LogP contribution in [0.25, 0.3) is 0 Å². The van der Waals surface area contributed by atoms with Crippen molar-refractivity contribution in [2.24, 2.45) is 0 Å². The van der Waals surface area contributed by atoms with Gasteiger partial charge in [-0.15, -0.1) is 0 Å². The van der Waals surface area contributed by atoms with Crippen LogP contribution in [0.5, 0.6) is 0 Å². The van der Waals surface area contributed by atoms with Gasteiger partial charge in [-0.25, -0.2) is 4.39 Å². The summed E-state index contributed by atoms with van der Waals surface area (Å²) in [5, 5.41) is 55.4. The number of rotatable bonds is 16. The zero-order valence-electron chi connectivity index (χ0n) is 54.8. The Morgan fingerprint density at radius 3 is 1.03 bits per heavy atom. The van der Waals surface area contributed by atoms with Gasteiger partial charge in [0.2, 0.25) is 0 Å². The maximum absolute atomic E-state index is 14.5. The molecule has 6 aliphatic heterocycles. The van der Waals surface area contributed by atoms with E-state index in [4.69, 9.17) is 92.8 Å². The van der Waals surface area contributed by atoms with Gasteiger partial charge in [0.1, 0.15) is 5.82 Å². The topological polar surface area (TPSA) is 272 Å². The molecule has 4 atom stereocenters. The van der Waals surface area contributed by atoms with Crippen LogP contribution in [0.4, 0.5) is 38.5 Å². The van der Waals surface area contributed by atoms with Crippen LogP contribution >= 0.6 is 92.8 Å². The molecule has 0 radical (unpaired) electrons. The first kappa shape index (κ1) is 74.7. The Morgan fingerprint density at radius 2 is 0.718 bits per heavy atom. The van der Waals surface area contributed by atoms with E-state index in [9.17, 15) is 63.2 Å². The maximum atomic E-state index is 14.5. The van der Waals surface area contributed by atoms with Gasteiger partial charge >= 0.3 is 0 Å². The summed E-state index contributed by atoms with van der Waals surface area (Å²) in [5.41, 5.74) is -1.56. The lowest BCUT2D eigenvalue weighted by Crippen LogP contribution is -2.36. The van der Waals surface area contributed by atoms with Crippen LogP contribution in [0.3, 0.4) is 0 Å². The Bertz CT molecular complexity index is 4500. The first-order chi connectivity index (χ1) is 48.8. The van der Waals surface area contributed by atoms with Gasteiger partial charge in [0.15, 0.2) is 45.5 Å². The van der Waals surface area contributed by atoms with Crippen molar-refractivity contribution in [3.8, 4) is 0 Å². The van der Waals surface area contributed by atoms with E-state index in [1.54, 1.807) is 42.5 Å². The molecule has 103 heavy (non-hydrogen) atoms.